The van der Waals surface area contributed by atoms with Crippen molar-refractivity contribution in [3.8, 4) is 11.5 Å². The molecule has 0 saturated carbocycles. The highest BCUT2D eigenvalue weighted by atomic mass is 16.5. The number of hydrogen-bond donors (Lipinski definition) is 2. The number of Topliss-reactive ketones (excluding diaryl/α,β-unsaturated/α-hetero) is 1. The fourth-order valence-electron chi connectivity index (χ4n) is 3.68. The van der Waals surface area contributed by atoms with Crippen LogP contribution in [0.4, 0.5) is 11.8 Å². The molecule has 0 aliphatic heterocycles. The molecule has 0 fully saturated rings. The molecular formula is C24H20N6O3. The van der Waals surface area contributed by atoms with E-state index in [1.807, 2.05) is 30.3 Å². The zero-order chi connectivity index (χ0) is 22.8. The highest BCUT2D eigenvalue weighted by molar-refractivity contribution is 6.12. The predicted octanol–water partition coefficient (Wildman–Crippen LogP) is 4.09. The molecule has 0 radical (unpaired) electrons. The maximum atomic E-state index is 12.4. The lowest BCUT2D eigenvalue weighted by molar-refractivity contribution is 0.0992. The molecule has 0 aliphatic carbocycles. The van der Waals surface area contributed by atoms with E-state index >= 15 is 0 Å². The Morgan fingerprint density at radius 1 is 0.970 bits per heavy atom. The van der Waals surface area contributed by atoms with E-state index < -0.39 is 0 Å². The number of anilines is 2. The molecule has 0 atom stereocenters. The normalized spacial score (nSPS) is 11.0. The summed E-state index contributed by atoms with van der Waals surface area (Å²) in [6.07, 6.45) is 4.96. The molecule has 2 N–H and O–H groups in total. The van der Waals surface area contributed by atoms with Gasteiger partial charge in [0.15, 0.2) is 17.3 Å². The summed E-state index contributed by atoms with van der Waals surface area (Å²) in [6.45, 7) is 0. The molecule has 0 spiro atoms. The summed E-state index contributed by atoms with van der Waals surface area (Å²) in [5, 5.41) is 4.80. The fraction of sp³-hybridized carbons (Fsp3) is 0.125. The quantitative estimate of drug-likeness (QED) is 0.364. The van der Waals surface area contributed by atoms with E-state index in [0.29, 0.717) is 34.5 Å². The van der Waals surface area contributed by atoms with E-state index in [4.69, 9.17) is 9.47 Å². The van der Waals surface area contributed by atoms with E-state index in [1.54, 1.807) is 38.7 Å². The van der Waals surface area contributed by atoms with Crippen LogP contribution < -0.4 is 14.8 Å². The number of aromatic amines is 1. The molecule has 0 amide bonds. The number of hydrogen-bond acceptors (Lipinski definition) is 8. The lowest BCUT2D eigenvalue weighted by atomic mass is 10.1. The van der Waals surface area contributed by atoms with Gasteiger partial charge in [0, 0.05) is 35.8 Å². The van der Waals surface area contributed by atoms with Crippen LogP contribution in [0, 0.1) is 0 Å². The van der Waals surface area contributed by atoms with Crippen LogP contribution in [-0.4, -0.2) is 44.9 Å². The zero-order valence-corrected chi connectivity index (χ0v) is 18.0. The van der Waals surface area contributed by atoms with Crippen molar-refractivity contribution in [2.75, 3.05) is 19.5 Å². The van der Waals surface area contributed by atoms with Gasteiger partial charge in [0.05, 0.1) is 25.1 Å². The third kappa shape index (κ3) is 3.91. The van der Waals surface area contributed by atoms with Crippen molar-refractivity contribution in [3.05, 3.63) is 72.3 Å². The number of nitrogens with zero attached hydrogens (tertiary/aromatic N) is 4. The number of rotatable bonds is 7. The van der Waals surface area contributed by atoms with Crippen molar-refractivity contribution in [3.63, 3.8) is 0 Å². The molecule has 2 aromatic carbocycles. The Morgan fingerprint density at radius 2 is 1.70 bits per heavy atom. The van der Waals surface area contributed by atoms with E-state index in [0.717, 1.165) is 21.9 Å². The largest absolute Gasteiger partial charge is 0.493 e. The minimum Gasteiger partial charge on any atom is -0.493 e. The van der Waals surface area contributed by atoms with Gasteiger partial charge >= 0.3 is 0 Å². The molecule has 0 saturated heterocycles. The Hall–Kier alpha value is -4.53. The third-order valence-corrected chi connectivity index (χ3v) is 5.29. The molecule has 9 nitrogen and oxygen atoms in total. The minimum absolute atomic E-state index is 0.0144. The van der Waals surface area contributed by atoms with Gasteiger partial charge in [-0.3, -0.25) is 4.79 Å². The van der Waals surface area contributed by atoms with Gasteiger partial charge in [-0.25, -0.2) is 19.9 Å². The maximum Gasteiger partial charge on any atom is 0.228 e. The molecule has 0 unspecified atom stereocenters. The Balaban J connectivity index is 1.43. The van der Waals surface area contributed by atoms with Crippen molar-refractivity contribution >= 4 is 39.5 Å². The second kappa shape index (κ2) is 8.54. The molecule has 164 valence electrons. The first-order valence-corrected chi connectivity index (χ1v) is 10.2. The molecule has 33 heavy (non-hydrogen) atoms. The summed E-state index contributed by atoms with van der Waals surface area (Å²) >= 11 is 0. The maximum absolute atomic E-state index is 12.4. The summed E-state index contributed by atoms with van der Waals surface area (Å²) in [6, 6.07) is 12.9. The first kappa shape index (κ1) is 20.4. The van der Waals surface area contributed by atoms with Crippen molar-refractivity contribution in [1.82, 2.24) is 24.9 Å². The van der Waals surface area contributed by atoms with Gasteiger partial charge in [-0.2, -0.15) is 0 Å². The number of ether oxygens (including phenoxy) is 2. The van der Waals surface area contributed by atoms with Crippen LogP contribution in [0.15, 0.2) is 61.2 Å². The molecule has 5 rings (SSSR count). The number of H-pyrrole nitrogens is 1. The number of nitrogens with one attached hydrogen (secondary N) is 2. The molecule has 0 aliphatic rings. The molecule has 3 aromatic heterocycles. The lowest BCUT2D eigenvalue weighted by Gasteiger charge is -2.08. The van der Waals surface area contributed by atoms with Crippen LogP contribution in [0.1, 0.15) is 15.9 Å². The summed E-state index contributed by atoms with van der Waals surface area (Å²) in [5.41, 5.74) is 2.88. The van der Waals surface area contributed by atoms with Crippen molar-refractivity contribution in [2.45, 2.75) is 6.42 Å². The number of methoxy groups -OCH3 is 2. The van der Waals surface area contributed by atoms with Gasteiger partial charge in [-0.1, -0.05) is 30.3 Å². The van der Waals surface area contributed by atoms with E-state index in [9.17, 15) is 4.79 Å². The van der Waals surface area contributed by atoms with Crippen molar-refractivity contribution in [1.29, 1.82) is 0 Å². The average molecular weight is 440 g/mol. The smallest absolute Gasteiger partial charge is 0.228 e. The zero-order valence-electron chi connectivity index (χ0n) is 18.0. The summed E-state index contributed by atoms with van der Waals surface area (Å²) in [4.78, 5) is 33.1. The highest BCUT2D eigenvalue weighted by Gasteiger charge is 2.16. The summed E-state index contributed by atoms with van der Waals surface area (Å²) in [7, 11) is 3.18. The van der Waals surface area contributed by atoms with Gasteiger partial charge in [0.2, 0.25) is 5.95 Å². The van der Waals surface area contributed by atoms with Crippen molar-refractivity contribution in [2.24, 2.45) is 0 Å². The van der Waals surface area contributed by atoms with Crippen LogP contribution in [0.3, 0.4) is 0 Å². The van der Waals surface area contributed by atoms with Crippen molar-refractivity contribution < 1.29 is 14.3 Å². The predicted molar refractivity (Wildman–Crippen MR) is 124 cm³/mol. The van der Waals surface area contributed by atoms with Crippen LogP contribution in [-0.2, 0) is 6.42 Å². The van der Waals surface area contributed by atoms with Crippen LogP contribution >= 0.6 is 0 Å². The fourth-order valence-corrected chi connectivity index (χ4v) is 3.68. The SMILES string of the molecule is COc1cc2[nH]c3ncnc(Nc4ncc(CC(=O)c5ccccc5)cn4)c3c2cc1OC. The van der Waals surface area contributed by atoms with Gasteiger partial charge < -0.3 is 19.8 Å². The number of aromatic nitrogens is 5. The number of fused-ring (bicyclic) bond motifs is 3. The van der Waals surface area contributed by atoms with E-state index in [1.165, 1.54) is 6.33 Å². The van der Waals surface area contributed by atoms with Gasteiger partial charge in [-0.15, -0.1) is 0 Å². The van der Waals surface area contributed by atoms with E-state index in [2.05, 4.69) is 30.2 Å². The van der Waals surface area contributed by atoms with E-state index in [-0.39, 0.29) is 12.2 Å². The van der Waals surface area contributed by atoms with Gasteiger partial charge in [-0.05, 0) is 11.6 Å². The van der Waals surface area contributed by atoms with Gasteiger partial charge in [0.1, 0.15) is 17.8 Å². The molecule has 3 heterocycles. The Labute approximate surface area is 188 Å². The Kier molecular flexibility index (Phi) is 5.27. The Morgan fingerprint density at radius 3 is 2.42 bits per heavy atom. The first-order chi connectivity index (χ1) is 16.2. The monoisotopic (exact) mass is 440 g/mol. The average Bonchev–Trinajstić information content (AvgIpc) is 3.23. The van der Waals surface area contributed by atoms with Crippen LogP contribution in [0.5, 0.6) is 11.5 Å². The van der Waals surface area contributed by atoms with Crippen LogP contribution in [0.2, 0.25) is 0 Å². The number of benzene rings is 2. The van der Waals surface area contributed by atoms with Gasteiger partial charge in [0.25, 0.3) is 0 Å². The molecule has 5 aromatic rings. The number of carbonyl (C=O) groups excluding carboxylic acids is 1. The topological polar surface area (TPSA) is 115 Å². The molecule has 9 heteroatoms. The lowest BCUT2D eigenvalue weighted by Crippen LogP contribution is -2.05. The molecular weight excluding hydrogens is 420 g/mol. The third-order valence-electron chi connectivity index (χ3n) is 5.29. The minimum atomic E-state index is 0.0144. The molecule has 0 bridgehead atoms. The number of carbonyl (C=O) groups is 1. The Bertz CT molecular complexity index is 1450. The second-order valence-corrected chi connectivity index (χ2v) is 7.33. The summed E-state index contributed by atoms with van der Waals surface area (Å²) < 4.78 is 10.8. The number of ketones is 1. The second-order valence-electron chi connectivity index (χ2n) is 7.33. The summed E-state index contributed by atoms with van der Waals surface area (Å²) in [5.74, 6) is 2.14. The first-order valence-electron chi connectivity index (χ1n) is 10.2. The standard InChI is InChI=1S/C24H20N6O3/c1-32-19-9-16-17(10-20(19)33-2)29-22-21(16)23(28-13-27-22)30-24-25-11-14(12-26-24)8-18(31)15-6-4-3-5-7-15/h3-7,9-13H,8H2,1-2H3,(H2,25,26,27,28,29,30). The highest BCUT2D eigenvalue weighted by Crippen LogP contribution is 2.37. The van der Waals surface area contributed by atoms with Crippen LogP contribution in [0.25, 0.3) is 21.9 Å².